The summed E-state index contributed by atoms with van der Waals surface area (Å²) in [6.07, 6.45) is 2.60. The molecule has 7 nitrogen and oxygen atoms in total. The van der Waals surface area contributed by atoms with E-state index in [1.165, 1.54) is 31.5 Å². The summed E-state index contributed by atoms with van der Waals surface area (Å²) in [7, 11) is 0. The van der Waals surface area contributed by atoms with E-state index in [0.717, 1.165) is 12.1 Å². The van der Waals surface area contributed by atoms with Crippen molar-refractivity contribution in [2.45, 2.75) is 25.4 Å². The number of amides is 3. The molecule has 2 aromatic rings. The molecule has 1 aromatic heterocycles. The van der Waals surface area contributed by atoms with Crippen molar-refractivity contribution >= 4 is 17.7 Å². The van der Waals surface area contributed by atoms with Gasteiger partial charge in [0.15, 0.2) is 0 Å². The van der Waals surface area contributed by atoms with E-state index >= 15 is 0 Å². The molecule has 0 saturated heterocycles. The molecule has 0 spiro atoms. The van der Waals surface area contributed by atoms with Crippen molar-refractivity contribution < 1.29 is 23.2 Å². The van der Waals surface area contributed by atoms with Crippen LogP contribution in [0.5, 0.6) is 0 Å². The summed E-state index contributed by atoms with van der Waals surface area (Å²) in [5.41, 5.74) is 6.36. The average Bonchev–Trinajstić information content (AvgIpc) is 2.60. The second-order valence-corrected chi connectivity index (χ2v) is 5.86. The normalized spacial score (nSPS) is 12.7. The predicted molar refractivity (Wildman–Crippen MR) is 92.0 cm³/mol. The number of nitrogens with zero attached hydrogens (tertiary/aromatic N) is 1. The molecule has 0 fully saturated rings. The molecule has 1 unspecified atom stereocenters. The Kier molecular flexibility index (Phi) is 6.67. The van der Waals surface area contributed by atoms with Crippen molar-refractivity contribution in [2.75, 3.05) is 0 Å². The lowest BCUT2D eigenvalue weighted by Crippen LogP contribution is -2.49. The molecule has 2 rings (SSSR count). The molecule has 4 N–H and O–H groups in total. The number of imide groups is 1. The highest BCUT2D eigenvalue weighted by Crippen LogP contribution is 2.09. The second kappa shape index (κ2) is 8.95. The minimum Gasteiger partial charge on any atom is -0.344 e. The molecule has 1 aromatic carbocycles. The molecule has 3 amide bonds. The summed E-state index contributed by atoms with van der Waals surface area (Å²) in [6, 6.07) is 3.68. The van der Waals surface area contributed by atoms with E-state index in [2.05, 4.69) is 15.6 Å². The Labute approximate surface area is 154 Å². The van der Waals surface area contributed by atoms with E-state index < -0.39 is 41.4 Å². The van der Waals surface area contributed by atoms with Crippen LogP contribution in [0, 0.1) is 11.6 Å². The third-order valence-corrected chi connectivity index (χ3v) is 3.65. The summed E-state index contributed by atoms with van der Waals surface area (Å²) in [5.74, 6) is -3.74. The molecular formula is C18H18F2N4O3. The molecule has 9 heteroatoms. The van der Waals surface area contributed by atoms with Gasteiger partial charge in [0.25, 0.3) is 0 Å². The fourth-order valence-electron chi connectivity index (χ4n) is 2.29. The topological polar surface area (TPSA) is 114 Å². The number of pyridine rings is 1. The molecular weight excluding hydrogens is 358 g/mol. The van der Waals surface area contributed by atoms with Crippen LogP contribution < -0.4 is 16.4 Å². The number of nitrogens with two attached hydrogens (primary N) is 1. The molecule has 1 heterocycles. The molecule has 0 aliphatic rings. The lowest BCUT2D eigenvalue weighted by atomic mass is 10.1. The minimum atomic E-state index is -1.07. The summed E-state index contributed by atoms with van der Waals surface area (Å²) in [6.45, 7) is 1.37. The maximum atomic E-state index is 13.1. The molecule has 27 heavy (non-hydrogen) atoms. The average molecular weight is 376 g/mol. The Morgan fingerprint density at radius 1 is 1.07 bits per heavy atom. The van der Waals surface area contributed by atoms with Crippen LogP contribution in [-0.2, 0) is 20.8 Å². The van der Waals surface area contributed by atoms with Gasteiger partial charge in [0.05, 0.1) is 6.42 Å². The molecule has 0 radical (unpaired) electrons. The molecule has 2 atom stereocenters. The van der Waals surface area contributed by atoms with Crippen LogP contribution in [0.4, 0.5) is 8.78 Å². The number of halogens is 2. The van der Waals surface area contributed by atoms with Crippen LogP contribution in [0.3, 0.4) is 0 Å². The van der Waals surface area contributed by atoms with E-state index in [1.54, 1.807) is 0 Å². The zero-order valence-corrected chi connectivity index (χ0v) is 14.4. The van der Waals surface area contributed by atoms with Gasteiger partial charge in [-0.3, -0.25) is 24.7 Å². The van der Waals surface area contributed by atoms with Crippen molar-refractivity contribution in [1.29, 1.82) is 0 Å². The molecule has 142 valence electrons. The van der Waals surface area contributed by atoms with Crippen LogP contribution in [0.25, 0.3) is 0 Å². The summed E-state index contributed by atoms with van der Waals surface area (Å²) in [4.78, 5) is 39.8. The first kappa shape index (κ1) is 20.1. The monoisotopic (exact) mass is 376 g/mol. The first-order chi connectivity index (χ1) is 12.8. The Morgan fingerprint density at radius 3 is 2.26 bits per heavy atom. The smallest absolute Gasteiger partial charge is 0.248 e. The van der Waals surface area contributed by atoms with Gasteiger partial charge in [-0.05, 0) is 42.3 Å². The van der Waals surface area contributed by atoms with Crippen molar-refractivity contribution in [3.05, 3.63) is 65.5 Å². The summed E-state index contributed by atoms with van der Waals surface area (Å²) in [5, 5.41) is 4.46. The maximum Gasteiger partial charge on any atom is 0.248 e. The van der Waals surface area contributed by atoms with Gasteiger partial charge in [0, 0.05) is 18.5 Å². The Balaban J connectivity index is 1.89. The number of carbonyl (C=O) groups excluding carboxylic acids is 3. The highest BCUT2D eigenvalue weighted by molar-refractivity contribution is 6.01. The van der Waals surface area contributed by atoms with Gasteiger partial charge in [0.1, 0.15) is 23.7 Å². The van der Waals surface area contributed by atoms with Gasteiger partial charge >= 0.3 is 0 Å². The van der Waals surface area contributed by atoms with E-state index in [9.17, 15) is 23.2 Å². The molecule has 0 bridgehead atoms. The Bertz CT molecular complexity index is 826. The number of nitrogens with one attached hydrogen (secondary N) is 2. The SMILES string of the molecule is C[C@H](NC(=O)Cc1cc(F)cc(F)c1)C(=O)NC(=O)C(N)c1ccncc1. The quantitative estimate of drug-likeness (QED) is 0.688. The number of hydrogen-bond acceptors (Lipinski definition) is 5. The highest BCUT2D eigenvalue weighted by atomic mass is 19.1. The number of rotatable bonds is 6. The molecule has 0 aliphatic heterocycles. The summed E-state index contributed by atoms with van der Waals surface area (Å²) < 4.78 is 26.3. The number of benzene rings is 1. The fraction of sp³-hybridized carbons (Fsp3) is 0.222. The predicted octanol–water partition coefficient (Wildman–Crippen LogP) is 0.750. The van der Waals surface area contributed by atoms with E-state index in [-0.39, 0.29) is 12.0 Å². The zero-order chi connectivity index (χ0) is 20.0. The van der Waals surface area contributed by atoms with Gasteiger partial charge in [-0.1, -0.05) is 0 Å². The van der Waals surface area contributed by atoms with E-state index in [4.69, 9.17) is 5.73 Å². The minimum absolute atomic E-state index is 0.119. The highest BCUT2D eigenvalue weighted by Gasteiger charge is 2.22. The lowest BCUT2D eigenvalue weighted by molar-refractivity contribution is -0.134. The lowest BCUT2D eigenvalue weighted by Gasteiger charge is -2.16. The fourth-order valence-corrected chi connectivity index (χ4v) is 2.29. The van der Waals surface area contributed by atoms with Crippen molar-refractivity contribution in [2.24, 2.45) is 5.73 Å². The summed E-state index contributed by atoms with van der Waals surface area (Å²) >= 11 is 0. The van der Waals surface area contributed by atoms with Crippen LogP contribution >= 0.6 is 0 Å². The number of aromatic nitrogens is 1. The van der Waals surface area contributed by atoms with Crippen LogP contribution in [0.15, 0.2) is 42.7 Å². The molecule has 0 aliphatic carbocycles. The van der Waals surface area contributed by atoms with E-state index in [0.29, 0.717) is 11.6 Å². The first-order valence-electron chi connectivity index (χ1n) is 8.01. The third-order valence-electron chi connectivity index (χ3n) is 3.65. The van der Waals surface area contributed by atoms with Gasteiger partial charge in [0.2, 0.25) is 17.7 Å². The third kappa shape index (κ3) is 5.93. The Morgan fingerprint density at radius 2 is 1.67 bits per heavy atom. The maximum absolute atomic E-state index is 13.1. The van der Waals surface area contributed by atoms with Crippen molar-refractivity contribution in [3.63, 3.8) is 0 Å². The largest absolute Gasteiger partial charge is 0.344 e. The number of hydrogen-bond donors (Lipinski definition) is 3. The van der Waals surface area contributed by atoms with Gasteiger partial charge in [-0.25, -0.2) is 8.78 Å². The van der Waals surface area contributed by atoms with Crippen LogP contribution in [0.1, 0.15) is 24.1 Å². The second-order valence-electron chi connectivity index (χ2n) is 5.86. The van der Waals surface area contributed by atoms with Crippen molar-refractivity contribution in [1.82, 2.24) is 15.6 Å². The van der Waals surface area contributed by atoms with Gasteiger partial charge in [-0.15, -0.1) is 0 Å². The Hall–Kier alpha value is -3.20. The van der Waals surface area contributed by atoms with E-state index in [1.807, 2.05) is 0 Å². The van der Waals surface area contributed by atoms with Crippen molar-refractivity contribution in [3.8, 4) is 0 Å². The zero-order valence-electron chi connectivity index (χ0n) is 14.4. The first-order valence-corrected chi connectivity index (χ1v) is 8.01. The number of carbonyl (C=O) groups is 3. The molecule has 0 saturated carbocycles. The van der Waals surface area contributed by atoms with Gasteiger partial charge < -0.3 is 11.1 Å². The van der Waals surface area contributed by atoms with Gasteiger partial charge in [-0.2, -0.15) is 0 Å². The van der Waals surface area contributed by atoms with Crippen LogP contribution in [-0.4, -0.2) is 28.7 Å². The standard InChI is InChI=1S/C18H18F2N4O3/c1-10(23-15(25)8-11-6-13(19)9-14(20)7-11)17(26)24-18(27)16(21)12-2-4-22-5-3-12/h2-7,9-10,16H,8,21H2,1H3,(H,23,25)(H,24,26,27)/t10-,16?/m0/s1. The van der Waals surface area contributed by atoms with Crippen LogP contribution in [0.2, 0.25) is 0 Å².